The minimum Gasteiger partial charge on any atom is -0.489 e. The van der Waals surface area contributed by atoms with Gasteiger partial charge in [0.15, 0.2) is 0 Å². The quantitative estimate of drug-likeness (QED) is 0.689. The second-order valence-electron chi connectivity index (χ2n) is 7.57. The summed E-state index contributed by atoms with van der Waals surface area (Å²) in [6, 6.07) is 21.1. The van der Waals surface area contributed by atoms with E-state index >= 15 is 0 Å². The molecule has 2 bridgehead atoms. The van der Waals surface area contributed by atoms with E-state index < -0.39 is 0 Å². The second kappa shape index (κ2) is 7.20. The Morgan fingerprint density at radius 2 is 2.00 bits per heavy atom. The lowest BCUT2D eigenvalue weighted by atomic mass is 10.0. The van der Waals surface area contributed by atoms with Crippen molar-refractivity contribution in [3.8, 4) is 5.75 Å². The van der Waals surface area contributed by atoms with Crippen molar-refractivity contribution in [2.45, 2.75) is 25.5 Å². The SMILES string of the molecule is c1ccc(COc2ccc3nc(N4CC5CCOCC4C5)ccc3c2)cc1. The molecular formula is C23H24N2O2. The number of fused-ring (bicyclic) bond motifs is 3. The van der Waals surface area contributed by atoms with Crippen molar-refractivity contribution in [3.05, 3.63) is 66.2 Å². The number of aromatic nitrogens is 1. The molecule has 2 atom stereocenters. The maximum absolute atomic E-state index is 5.95. The van der Waals surface area contributed by atoms with Gasteiger partial charge in [0.1, 0.15) is 18.2 Å². The van der Waals surface area contributed by atoms with Crippen LogP contribution < -0.4 is 9.64 Å². The first-order valence-corrected chi connectivity index (χ1v) is 9.77. The molecule has 2 aliphatic rings. The molecule has 0 amide bonds. The number of anilines is 1. The zero-order valence-electron chi connectivity index (χ0n) is 15.4. The van der Waals surface area contributed by atoms with Crippen molar-refractivity contribution >= 4 is 16.7 Å². The monoisotopic (exact) mass is 360 g/mol. The number of rotatable bonds is 4. The average Bonchev–Trinajstić information content (AvgIpc) is 2.97. The summed E-state index contributed by atoms with van der Waals surface area (Å²) in [4.78, 5) is 7.36. The molecule has 0 aliphatic carbocycles. The Kier molecular flexibility index (Phi) is 4.42. The highest BCUT2D eigenvalue weighted by atomic mass is 16.5. The van der Waals surface area contributed by atoms with Crippen molar-refractivity contribution in [1.82, 2.24) is 4.98 Å². The van der Waals surface area contributed by atoms with Crippen LogP contribution in [0.15, 0.2) is 60.7 Å². The summed E-state index contributed by atoms with van der Waals surface area (Å²) in [5.74, 6) is 2.69. The van der Waals surface area contributed by atoms with Gasteiger partial charge >= 0.3 is 0 Å². The summed E-state index contributed by atoms with van der Waals surface area (Å²) in [6.45, 7) is 3.41. The molecule has 3 aromatic rings. The largest absolute Gasteiger partial charge is 0.489 e. The smallest absolute Gasteiger partial charge is 0.129 e. The third kappa shape index (κ3) is 3.50. The van der Waals surface area contributed by atoms with Crippen LogP contribution in [-0.4, -0.2) is 30.8 Å². The van der Waals surface area contributed by atoms with Crippen molar-refractivity contribution < 1.29 is 9.47 Å². The zero-order chi connectivity index (χ0) is 18.1. The normalized spacial score (nSPS) is 22.0. The van der Waals surface area contributed by atoms with Crippen molar-refractivity contribution in [3.63, 3.8) is 0 Å². The van der Waals surface area contributed by atoms with Crippen LogP contribution in [0.2, 0.25) is 0 Å². The fraction of sp³-hybridized carbons (Fsp3) is 0.348. The van der Waals surface area contributed by atoms with Gasteiger partial charge in [-0.2, -0.15) is 0 Å². The lowest BCUT2D eigenvalue weighted by Crippen LogP contribution is -2.34. The molecule has 2 unspecified atom stereocenters. The number of pyridine rings is 1. The molecule has 0 radical (unpaired) electrons. The molecule has 4 heteroatoms. The standard InChI is InChI=1S/C23H24N2O2/c1-2-4-17(5-3-1)15-27-21-7-8-22-19(13-21)6-9-23(24-22)25-14-18-10-11-26-16-20(25)12-18/h1-9,13,18,20H,10-12,14-16H2. The van der Waals surface area contributed by atoms with Gasteiger partial charge in [-0.15, -0.1) is 0 Å². The molecule has 2 aromatic carbocycles. The molecule has 4 nitrogen and oxygen atoms in total. The maximum Gasteiger partial charge on any atom is 0.129 e. The highest BCUT2D eigenvalue weighted by Crippen LogP contribution is 2.33. The fourth-order valence-electron chi connectivity index (χ4n) is 4.21. The predicted octanol–water partition coefficient (Wildman–Crippen LogP) is 4.43. The first kappa shape index (κ1) is 16.6. The van der Waals surface area contributed by atoms with Gasteiger partial charge in [0.05, 0.1) is 18.2 Å². The van der Waals surface area contributed by atoms with Crippen molar-refractivity contribution in [2.24, 2.45) is 5.92 Å². The van der Waals surface area contributed by atoms with E-state index in [1.165, 1.54) is 18.4 Å². The minimum atomic E-state index is 0.468. The summed E-state index contributed by atoms with van der Waals surface area (Å²) in [5, 5.41) is 1.11. The van der Waals surface area contributed by atoms with E-state index in [-0.39, 0.29) is 0 Å². The number of hydrogen-bond acceptors (Lipinski definition) is 4. The van der Waals surface area contributed by atoms with Gasteiger partial charge in [-0.1, -0.05) is 30.3 Å². The maximum atomic E-state index is 5.95. The Morgan fingerprint density at radius 3 is 2.93 bits per heavy atom. The number of benzene rings is 2. The van der Waals surface area contributed by atoms with Crippen LogP contribution >= 0.6 is 0 Å². The molecule has 5 rings (SSSR count). The van der Waals surface area contributed by atoms with E-state index in [4.69, 9.17) is 14.5 Å². The second-order valence-corrected chi connectivity index (χ2v) is 7.57. The molecule has 138 valence electrons. The van der Waals surface area contributed by atoms with Crippen LogP contribution in [-0.2, 0) is 11.3 Å². The van der Waals surface area contributed by atoms with Gasteiger partial charge < -0.3 is 14.4 Å². The van der Waals surface area contributed by atoms with Gasteiger partial charge in [0, 0.05) is 18.5 Å². The highest BCUT2D eigenvalue weighted by Gasteiger charge is 2.34. The van der Waals surface area contributed by atoms with E-state index in [0.29, 0.717) is 12.6 Å². The number of ether oxygens (including phenoxy) is 2. The molecule has 0 saturated carbocycles. The Bertz CT molecular complexity index is 928. The molecule has 3 heterocycles. The zero-order valence-corrected chi connectivity index (χ0v) is 15.4. The fourth-order valence-corrected chi connectivity index (χ4v) is 4.21. The Balaban J connectivity index is 1.34. The van der Waals surface area contributed by atoms with E-state index in [0.717, 1.165) is 48.1 Å². The molecule has 0 spiro atoms. The third-order valence-electron chi connectivity index (χ3n) is 5.67. The van der Waals surface area contributed by atoms with Gasteiger partial charge in [0.2, 0.25) is 0 Å². The average molecular weight is 360 g/mol. The topological polar surface area (TPSA) is 34.6 Å². The summed E-state index contributed by atoms with van der Waals surface area (Å²) < 4.78 is 11.7. The molecule has 27 heavy (non-hydrogen) atoms. The van der Waals surface area contributed by atoms with Crippen molar-refractivity contribution in [2.75, 3.05) is 24.7 Å². The summed E-state index contributed by atoms with van der Waals surface area (Å²) >= 11 is 0. The van der Waals surface area contributed by atoms with E-state index in [1.807, 2.05) is 24.3 Å². The molecule has 2 fully saturated rings. The summed E-state index contributed by atoms with van der Waals surface area (Å²) in [5.41, 5.74) is 2.18. The lowest BCUT2D eigenvalue weighted by Gasteiger charge is -2.26. The Labute approximate surface area is 159 Å². The number of nitrogens with zero attached hydrogens (tertiary/aromatic N) is 2. The van der Waals surface area contributed by atoms with Crippen LogP contribution in [0.3, 0.4) is 0 Å². The van der Waals surface area contributed by atoms with Crippen LogP contribution in [0.25, 0.3) is 10.9 Å². The molecule has 0 N–H and O–H groups in total. The molecule has 1 aromatic heterocycles. The van der Waals surface area contributed by atoms with Gasteiger partial charge in [-0.05, 0) is 54.7 Å². The minimum absolute atomic E-state index is 0.468. The van der Waals surface area contributed by atoms with Crippen LogP contribution in [0.4, 0.5) is 5.82 Å². The van der Waals surface area contributed by atoms with Gasteiger partial charge in [0.25, 0.3) is 0 Å². The van der Waals surface area contributed by atoms with Gasteiger partial charge in [-0.3, -0.25) is 0 Å². The van der Waals surface area contributed by atoms with E-state index in [9.17, 15) is 0 Å². The van der Waals surface area contributed by atoms with Crippen LogP contribution in [0.1, 0.15) is 18.4 Å². The first-order chi connectivity index (χ1) is 13.3. The number of hydrogen-bond donors (Lipinski definition) is 0. The van der Waals surface area contributed by atoms with Gasteiger partial charge in [-0.25, -0.2) is 4.98 Å². The molecule has 2 saturated heterocycles. The molecular weight excluding hydrogens is 336 g/mol. The Morgan fingerprint density at radius 1 is 1.07 bits per heavy atom. The summed E-state index contributed by atoms with van der Waals surface area (Å²) in [6.07, 6.45) is 2.40. The lowest BCUT2D eigenvalue weighted by molar-refractivity contribution is 0.125. The van der Waals surface area contributed by atoms with Crippen LogP contribution in [0, 0.1) is 5.92 Å². The first-order valence-electron chi connectivity index (χ1n) is 9.77. The van der Waals surface area contributed by atoms with E-state index in [2.05, 4.69) is 41.3 Å². The summed E-state index contributed by atoms with van der Waals surface area (Å²) in [7, 11) is 0. The molecule has 2 aliphatic heterocycles. The van der Waals surface area contributed by atoms with E-state index in [1.54, 1.807) is 0 Å². The van der Waals surface area contributed by atoms with Crippen LogP contribution in [0.5, 0.6) is 5.75 Å². The third-order valence-corrected chi connectivity index (χ3v) is 5.67. The predicted molar refractivity (Wildman–Crippen MR) is 107 cm³/mol. The van der Waals surface area contributed by atoms with Crippen molar-refractivity contribution in [1.29, 1.82) is 0 Å². The highest BCUT2D eigenvalue weighted by molar-refractivity contribution is 5.82. The Hall–Kier alpha value is -2.59.